The summed E-state index contributed by atoms with van der Waals surface area (Å²) in [5.41, 5.74) is 0.936. The van der Waals surface area contributed by atoms with Crippen molar-refractivity contribution in [1.29, 1.82) is 0 Å². The van der Waals surface area contributed by atoms with Crippen LogP contribution < -0.4 is 5.32 Å². The molecule has 1 amide bonds. The third-order valence-corrected chi connectivity index (χ3v) is 2.26. The van der Waals surface area contributed by atoms with E-state index in [1.807, 2.05) is 13.0 Å². The van der Waals surface area contributed by atoms with Crippen LogP contribution in [0.25, 0.3) is 0 Å². The summed E-state index contributed by atoms with van der Waals surface area (Å²) in [7, 11) is 0. The highest BCUT2D eigenvalue weighted by Gasteiger charge is 2.04. The van der Waals surface area contributed by atoms with E-state index in [-0.39, 0.29) is 11.8 Å². The lowest BCUT2D eigenvalue weighted by Crippen LogP contribution is -2.14. The molecule has 1 heterocycles. The maximum Gasteiger partial charge on any atom is 0.240 e. The predicted molar refractivity (Wildman–Crippen MR) is 61.0 cm³/mol. The topological polar surface area (TPSA) is 42.0 Å². The second-order valence-corrected chi connectivity index (χ2v) is 4.01. The monoisotopic (exact) mass is 310 g/mol. The molecule has 1 aromatic heterocycles. The van der Waals surface area contributed by atoms with Crippen molar-refractivity contribution >= 4 is 45.9 Å². The summed E-state index contributed by atoms with van der Waals surface area (Å²) >= 11 is 7.51. The van der Waals surface area contributed by atoms with Crippen LogP contribution in [0, 0.1) is 10.5 Å². The molecule has 1 N–H and O–H groups in total. The second-order valence-electron chi connectivity index (χ2n) is 2.50. The van der Waals surface area contributed by atoms with Crippen LogP contribution in [0.1, 0.15) is 5.56 Å². The quantitative estimate of drug-likeness (QED) is 0.672. The number of alkyl halides is 1. The van der Waals surface area contributed by atoms with Gasteiger partial charge in [0.1, 0.15) is 11.7 Å². The molecule has 5 heteroatoms. The van der Waals surface area contributed by atoms with Crippen molar-refractivity contribution in [3.8, 4) is 0 Å². The normalized spacial score (nSPS) is 9.77. The fraction of sp³-hybridized carbons (Fsp3) is 0.250. The van der Waals surface area contributed by atoms with Crippen molar-refractivity contribution < 1.29 is 4.79 Å². The van der Waals surface area contributed by atoms with Gasteiger partial charge in [-0.15, -0.1) is 11.6 Å². The van der Waals surface area contributed by atoms with Crippen LogP contribution in [0.3, 0.4) is 0 Å². The van der Waals surface area contributed by atoms with Crippen LogP contribution in [0.15, 0.2) is 12.3 Å². The lowest BCUT2D eigenvalue weighted by atomic mass is 10.3. The highest BCUT2D eigenvalue weighted by molar-refractivity contribution is 14.1. The fourth-order valence-electron chi connectivity index (χ4n) is 0.837. The minimum atomic E-state index is -0.238. The van der Waals surface area contributed by atoms with E-state index in [2.05, 4.69) is 32.9 Å². The molecule has 0 aliphatic carbocycles. The first-order valence-corrected chi connectivity index (χ1v) is 5.23. The number of pyridine rings is 1. The first-order valence-electron chi connectivity index (χ1n) is 3.61. The molecular formula is C8H8ClIN2O. The molecule has 3 nitrogen and oxygen atoms in total. The Bertz CT molecular complexity index is 330. The molecule has 0 aliphatic rings. The number of halogens is 2. The molecule has 13 heavy (non-hydrogen) atoms. The fourth-order valence-corrected chi connectivity index (χ4v) is 1.51. The van der Waals surface area contributed by atoms with Gasteiger partial charge < -0.3 is 5.32 Å². The minimum absolute atomic E-state index is 0.0485. The van der Waals surface area contributed by atoms with Gasteiger partial charge in [-0.25, -0.2) is 4.98 Å². The first kappa shape index (κ1) is 10.7. The van der Waals surface area contributed by atoms with Crippen molar-refractivity contribution in [3.05, 3.63) is 21.4 Å². The van der Waals surface area contributed by atoms with Crippen LogP contribution in [0.2, 0.25) is 0 Å². The molecule has 70 valence electrons. The highest BCUT2D eigenvalue weighted by atomic mass is 127. The van der Waals surface area contributed by atoms with E-state index >= 15 is 0 Å². The molecule has 0 aliphatic heterocycles. The van der Waals surface area contributed by atoms with E-state index in [1.54, 1.807) is 6.20 Å². The van der Waals surface area contributed by atoms with Crippen LogP contribution in [0.4, 0.5) is 5.82 Å². The van der Waals surface area contributed by atoms with Gasteiger partial charge in [0.05, 0.1) is 0 Å². The summed E-state index contributed by atoms with van der Waals surface area (Å²) in [6.45, 7) is 1.89. The molecule has 0 atom stereocenters. The van der Waals surface area contributed by atoms with Gasteiger partial charge in [0.25, 0.3) is 0 Å². The Kier molecular flexibility index (Phi) is 3.92. The van der Waals surface area contributed by atoms with Crippen molar-refractivity contribution in [2.75, 3.05) is 11.2 Å². The van der Waals surface area contributed by atoms with Gasteiger partial charge >= 0.3 is 0 Å². The molecule has 1 rings (SSSR count). The number of aryl methyl sites for hydroxylation is 1. The van der Waals surface area contributed by atoms with Crippen molar-refractivity contribution in [2.24, 2.45) is 0 Å². The Labute approximate surface area is 95.0 Å². The van der Waals surface area contributed by atoms with E-state index in [1.165, 1.54) is 0 Å². The van der Waals surface area contributed by atoms with Gasteiger partial charge in [0, 0.05) is 9.77 Å². The molecule has 0 saturated heterocycles. The number of carbonyl (C=O) groups is 1. The Morgan fingerprint density at radius 1 is 1.77 bits per heavy atom. The Hall–Kier alpha value is -0.360. The number of anilines is 1. The average molecular weight is 311 g/mol. The third kappa shape index (κ3) is 3.11. The first-order chi connectivity index (χ1) is 6.13. The second kappa shape index (κ2) is 4.76. The van der Waals surface area contributed by atoms with Gasteiger partial charge in [-0.2, -0.15) is 0 Å². The van der Waals surface area contributed by atoms with Crippen molar-refractivity contribution in [3.63, 3.8) is 0 Å². The SMILES string of the molecule is Cc1cc(I)cnc1NC(=O)CCl. The van der Waals surface area contributed by atoms with Gasteiger partial charge in [-0.3, -0.25) is 4.79 Å². The van der Waals surface area contributed by atoms with Gasteiger partial charge in [0.2, 0.25) is 5.91 Å². The molecule has 0 saturated carbocycles. The summed E-state index contributed by atoms with van der Waals surface area (Å²) in [6.07, 6.45) is 1.69. The summed E-state index contributed by atoms with van der Waals surface area (Å²) in [5, 5.41) is 2.60. The van der Waals surface area contributed by atoms with E-state index in [4.69, 9.17) is 11.6 Å². The van der Waals surface area contributed by atoms with Crippen molar-refractivity contribution in [1.82, 2.24) is 4.98 Å². The van der Waals surface area contributed by atoms with E-state index in [0.717, 1.165) is 9.13 Å². The van der Waals surface area contributed by atoms with E-state index in [0.29, 0.717) is 5.82 Å². The van der Waals surface area contributed by atoms with Crippen LogP contribution in [-0.2, 0) is 4.79 Å². The zero-order valence-corrected chi connectivity index (χ0v) is 9.89. The number of rotatable bonds is 2. The molecule has 0 bridgehead atoms. The van der Waals surface area contributed by atoms with Gasteiger partial charge in [-0.05, 0) is 41.1 Å². The smallest absolute Gasteiger partial charge is 0.240 e. The number of amides is 1. The van der Waals surface area contributed by atoms with Crippen molar-refractivity contribution in [2.45, 2.75) is 6.92 Å². The van der Waals surface area contributed by atoms with Crippen LogP contribution in [-0.4, -0.2) is 16.8 Å². The zero-order chi connectivity index (χ0) is 9.84. The molecule has 1 aromatic rings. The van der Waals surface area contributed by atoms with Crippen LogP contribution in [0.5, 0.6) is 0 Å². The maximum atomic E-state index is 10.9. The molecule has 0 spiro atoms. The standard InChI is InChI=1S/C8H8ClIN2O/c1-5-2-6(10)4-11-8(5)12-7(13)3-9/h2,4H,3H2,1H3,(H,11,12,13). The molecule has 0 aromatic carbocycles. The van der Waals surface area contributed by atoms with E-state index < -0.39 is 0 Å². The Balaban J connectivity index is 2.83. The third-order valence-electron chi connectivity index (χ3n) is 1.42. The number of carbonyl (C=O) groups excluding carboxylic acids is 1. The number of hydrogen-bond acceptors (Lipinski definition) is 2. The minimum Gasteiger partial charge on any atom is -0.309 e. The number of nitrogens with zero attached hydrogens (tertiary/aromatic N) is 1. The largest absolute Gasteiger partial charge is 0.309 e. The maximum absolute atomic E-state index is 10.9. The molecule has 0 radical (unpaired) electrons. The summed E-state index contributed by atoms with van der Waals surface area (Å²) in [5.74, 6) is 0.289. The predicted octanol–water partition coefficient (Wildman–Crippen LogP) is 2.17. The number of nitrogens with one attached hydrogen (secondary N) is 1. The molecule has 0 unspecified atom stereocenters. The lowest BCUT2D eigenvalue weighted by molar-refractivity contribution is -0.113. The summed E-state index contributed by atoms with van der Waals surface area (Å²) < 4.78 is 1.04. The molecular weight excluding hydrogens is 302 g/mol. The van der Waals surface area contributed by atoms with E-state index in [9.17, 15) is 4.79 Å². The van der Waals surface area contributed by atoms with Gasteiger partial charge in [0.15, 0.2) is 0 Å². The lowest BCUT2D eigenvalue weighted by Gasteiger charge is -2.05. The Morgan fingerprint density at radius 3 is 3.00 bits per heavy atom. The summed E-state index contributed by atoms with van der Waals surface area (Å²) in [4.78, 5) is 15.0. The number of aromatic nitrogens is 1. The molecule has 0 fully saturated rings. The average Bonchev–Trinajstić information content (AvgIpc) is 2.09. The zero-order valence-electron chi connectivity index (χ0n) is 6.97. The van der Waals surface area contributed by atoms with Crippen LogP contribution >= 0.6 is 34.2 Å². The Morgan fingerprint density at radius 2 is 2.46 bits per heavy atom. The number of hydrogen-bond donors (Lipinski definition) is 1. The highest BCUT2D eigenvalue weighted by Crippen LogP contribution is 2.13. The van der Waals surface area contributed by atoms with Gasteiger partial charge in [-0.1, -0.05) is 0 Å². The summed E-state index contributed by atoms with van der Waals surface area (Å²) in [6, 6.07) is 1.94.